The van der Waals surface area contributed by atoms with E-state index in [2.05, 4.69) is 20.4 Å². The first kappa shape index (κ1) is 30.2. The summed E-state index contributed by atoms with van der Waals surface area (Å²) in [6.45, 7) is 6.27. The molecule has 2 aliphatic heterocycles. The predicted molar refractivity (Wildman–Crippen MR) is 155 cm³/mol. The Morgan fingerprint density at radius 3 is 2.61 bits per heavy atom. The van der Waals surface area contributed by atoms with Crippen molar-refractivity contribution in [2.75, 3.05) is 25.4 Å². The zero-order valence-electron chi connectivity index (χ0n) is 22.8. The average molecular weight is 621 g/mol. The Bertz CT molecular complexity index is 1460. The van der Waals surface area contributed by atoms with Gasteiger partial charge in [-0.1, -0.05) is 11.2 Å². The van der Waals surface area contributed by atoms with E-state index in [1.54, 1.807) is 37.7 Å². The molecule has 218 valence electrons. The molecule has 0 bridgehead atoms. The molecule has 3 N–H and O–H groups in total. The van der Waals surface area contributed by atoms with Crippen molar-refractivity contribution < 1.29 is 33.5 Å². The molecular weight excluding hydrogens is 593 g/mol. The lowest BCUT2D eigenvalue weighted by atomic mass is 9.98. The van der Waals surface area contributed by atoms with E-state index >= 15 is 0 Å². The maximum absolute atomic E-state index is 13.3. The highest BCUT2D eigenvalue weighted by molar-refractivity contribution is 8.00. The van der Waals surface area contributed by atoms with Gasteiger partial charge in [-0.05, 0) is 39.3 Å². The summed E-state index contributed by atoms with van der Waals surface area (Å²) in [5.74, 6) is -2.26. The second kappa shape index (κ2) is 12.4. The molecule has 13 nitrogen and oxygen atoms in total. The van der Waals surface area contributed by atoms with Crippen molar-refractivity contribution in [2.45, 2.75) is 39.1 Å². The molecule has 16 heteroatoms. The summed E-state index contributed by atoms with van der Waals surface area (Å²) in [4.78, 5) is 67.0. The van der Waals surface area contributed by atoms with Gasteiger partial charge in [0.15, 0.2) is 10.8 Å². The molecule has 0 saturated carbocycles. The van der Waals surface area contributed by atoms with Crippen LogP contribution in [-0.2, 0) is 33.5 Å². The number of carbonyl (C=O) groups is 4. The molecule has 2 aromatic heterocycles. The second-order valence-corrected chi connectivity index (χ2v) is 12.7. The topological polar surface area (TPSA) is 175 Å². The molecule has 1 fully saturated rings. The fraction of sp³-hybridized carbons (Fsp3) is 0.400. The number of thiazole rings is 2. The summed E-state index contributed by atoms with van der Waals surface area (Å²) in [6, 6.07) is -0.957. The first-order valence-electron chi connectivity index (χ1n) is 12.2. The lowest BCUT2D eigenvalue weighted by Crippen LogP contribution is -2.71. The van der Waals surface area contributed by atoms with Crippen molar-refractivity contribution in [3.63, 3.8) is 0 Å². The Kier molecular flexibility index (Phi) is 9.14. The van der Waals surface area contributed by atoms with Crippen LogP contribution in [0.4, 0.5) is 5.13 Å². The standard InChI is InChI=1S/C25H28N6O7S3/c1-12-15(41-10-27-12)7-6-13-8-39-21-17(29-19(32)16(30-36-5)14-9-40-24(26)28-14)20(33)31(21)18(13)22(34)37-11-38-23(35)25(2,3)4/h6-7,9-10,17,21H,8,11H2,1-5H3,(H2,26,28)(H,29,32)/b7-6-,30-16?/t17-,21-/m1/s1. The third-order valence-electron chi connectivity index (χ3n) is 5.85. The highest BCUT2D eigenvalue weighted by Crippen LogP contribution is 2.41. The van der Waals surface area contributed by atoms with Crippen LogP contribution >= 0.6 is 34.4 Å². The molecule has 0 aromatic carbocycles. The molecule has 2 atom stereocenters. The van der Waals surface area contributed by atoms with Crippen molar-refractivity contribution >= 4 is 75.1 Å². The quantitative estimate of drug-likeness (QED) is 0.138. The van der Waals surface area contributed by atoms with E-state index in [-0.39, 0.29) is 22.2 Å². The van der Waals surface area contributed by atoms with Gasteiger partial charge < -0.3 is 25.4 Å². The van der Waals surface area contributed by atoms with Crippen molar-refractivity contribution in [3.05, 3.63) is 44.5 Å². The number of aryl methyl sites for hydroxylation is 1. The number of hydrogen-bond acceptors (Lipinski definition) is 14. The number of ether oxygens (including phenoxy) is 2. The Morgan fingerprint density at radius 1 is 1.24 bits per heavy atom. The molecule has 2 aromatic rings. The second-order valence-electron chi connectivity index (χ2n) is 9.80. The Labute approximate surface area is 247 Å². The zero-order valence-corrected chi connectivity index (χ0v) is 25.3. The SMILES string of the molecule is CON=C(C(=O)N[C@@H]1C(=O)N2C(C(=O)OCOC(=O)C(C)(C)C)=C(/C=C\c3scnc3C)CS[C@H]12)c1csc(N)n1. The number of rotatable bonds is 9. The Balaban J connectivity index is 1.55. The highest BCUT2D eigenvalue weighted by atomic mass is 32.2. The van der Waals surface area contributed by atoms with Crippen LogP contribution in [0.3, 0.4) is 0 Å². The van der Waals surface area contributed by atoms with Gasteiger partial charge in [-0.15, -0.1) is 34.4 Å². The normalized spacial score (nSPS) is 19.1. The van der Waals surface area contributed by atoms with Gasteiger partial charge in [0, 0.05) is 16.0 Å². The number of thioether (sulfide) groups is 1. The lowest BCUT2D eigenvalue weighted by Gasteiger charge is -2.49. The van der Waals surface area contributed by atoms with E-state index in [4.69, 9.17) is 20.0 Å². The van der Waals surface area contributed by atoms with E-state index in [0.717, 1.165) is 21.9 Å². The molecule has 2 amide bonds. The predicted octanol–water partition coefficient (Wildman–Crippen LogP) is 2.30. The van der Waals surface area contributed by atoms with Crippen LogP contribution < -0.4 is 11.1 Å². The van der Waals surface area contributed by atoms with Crippen LogP contribution in [0.5, 0.6) is 0 Å². The molecule has 0 aliphatic carbocycles. The largest absolute Gasteiger partial charge is 0.427 e. The monoisotopic (exact) mass is 620 g/mol. The number of fused-ring (bicyclic) bond motifs is 1. The summed E-state index contributed by atoms with van der Waals surface area (Å²) in [5, 5.41) is 7.59. The van der Waals surface area contributed by atoms with E-state index in [1.165, 1.54) is 35.1 Å². The minimum absolute atomic E-state index is 0.00697. The Hall–Kier alpha value is -3.76. The number of oxime groups is 1. The molecular formula is C25H28N6O7S3. The maximum Gasteiger partial charge on any atom is 0.358 e. The summed E-state index contributed by atoms with van der Waals surface area (Å²) in [6.07, 6.45) is 3.55. The molecule has 4 rings (SSSR count). The van der Waals surface area contributed by atoms with Gasteiger partial charge in [0.05, 0.1) is 16.6 Å². The van der Waals surface area contributed by atoms with Crippen LogP contribution in [0.15, 0.2) is 33.4 Å². The molecule has 0 radical (unpaired) electrons. The zero-order chi connectivity index (χ0) is 29.9. The van der Waals surface area contributed by atoms with Crippen molar-refractivity contribution in [1.29, 1.82) is 0 Å². The van der Waals surface area contributed by atoms with E-state index in [1.807, 2.05) is 13.0 Å². The first-order chi connectivity index (χ1) is 19.4. The smallest absolute Gasteiger partial charge is 0.358 e. The molecule has 41 heavy (non-hydrogen) atoms. The molecule has 2 aliphatic rings. The fourth-order valence-corrected chi connectivity index (χ4v) is 6.29. The minimum atomic E-state index is -0.957. The first-order valence-corrected chi connectivity index (χ1v) is 15.0. The van der Waals surface area contributed by atoms with Crippen molar-refractivity contribution in [2.24, 2.45) is 10.6 Å². The maximum atomic E-state index is 13.3. The summed E-state index contributed by atoms with van der Waals surface area (Å²) in [7, 11) is 1.28. The number of carbonyl (C=O) groups excluding carboxylic acids is 4. The number of aromatic nitrogens is 2. The number of hydrogen-bond donors (Lipinski definition) is 2. The van der Waals surface area contributed by atoms with Gasteiger partial charge in [-0.25, -0.2) is 14.8 Å². The van der Waals surface area contributed by atoms with Gasteiger partial charge in [-0.3, -0.25) is 19.3 Å². The third-order valence-corrected chi connectivity index (χ3v) is 8.72. The number of β-lactam (4-membered cyclic amide) rings is 1. The number of esters is 2. The lowest BCUT2D eigenvalue weighted by molar-refractivity contribution is -0.173. The molecule has 1 saturated heterocycles. The number of nitrogens with one attached hydrogen (secondary N) is 1. The number of nitrogen functional groups attached to an aromatic ring is 1. The minimum Gasteiger partial charge on any atom is -0.427 e. The molecule has 0 unspecified atom stereocenters. The van der Waals surface area contributed by atoms with Gasteiger partial charge in [0.2, 0.25) is 6.79 Å². The van der Waals surface area contributed by atoms with E-state index < -0.39 is 47.4 Å². The van der Waals surface area contributed by atoms with Crippen LogP contribution in [0.2, 0.25) is 0 Å². The van der Waals surface area contributed by atoms with Gasteiger partial charge >= 0.3 is 11.9 Å². The highest BCUT2D eigenvalue weighted by Gasteiger charge is 2.54. The number of anilines is 1. The van der Waals surface area contributed by atoms with Gasteiger partial charge in [0.25, 0.3) is 11.8 Å². The summed E-state index contributed by atoms with van der Waals surface area (Å²) in [5.41, 5.74) is 8.03. The van der Waals surface area contributed by atoms with Gasteiger partial charge in [-0.2, -0.15) is 0 Å². The average Bonchev–Trinajstić information content (AvgIpc) is 3.54. The fourth-order valence-electron chi connectivity index (χ4n) is 3.73. The van der Waals surface area contributed by atoms with Crippen LogP contribution in [-0.4, -0.2) is 75.4 Å². The molecule has 0 spiro atoms. The number of nitrogens with zero attached hydrogens (tertiary/aromatic N) is 4. The third kappa shape index (κ3) is 6.60. The van der Waals surface area contributed by atoms with Gasteiger partial charge in [0.1, 0.15) is 29.9 Å². The number of nitrogens with two attached hydrogens (primary N) is 1. The van der Waals surface area contributed by atoms with Crippen molar-refractivity contribution in [1.82, 2.24) is 20.2 Å². The Morgan fingerprint density at radius 2 is 2.00 bits per heavy atom. The van der Waals surface area contributed by atoms with Crippen LogP contribution in [0, 0.1) is 12.3 Å². The van der Waals surface area contributed by atoms with Crippen molar-refractivity contribution in [3.8, 4) is 0 Å². The van der Waals surface area contributed by atoms with Crippen LogP contribution in [0.25, 0.3) is 6.08 Å². The molecule has 4 heterocycles. The number of allylic oxidation sites excluding steroid dienone is 1. The van der Waals surface area contributed by atoms with E-state index in [0.29, 0.717) is 11.3 Å². The van der Waals surface area contributed by atoms with Crippen LogP contribution in [0.1, 0.15) is 37.0 Å². The summed E-state index contributed by atoms with van der Waals surface area (Å²) >= 11 is 3.92. The van der Waals surface area contributed by atoms with E-state index in [9.17, 15) is 19.2 Å². The summed E-state index contributed by atoms with van der Waals surface area (Å²) < 4.78 is 10.3. The number of amides is 2.